The average Bonchev–Trinajstić information content (AvgIpc) is 3.29. The molecule has 3 aromatic carbocycles. The zero-order valence-corrected chi connectivity index (χ0v) is 18.7. The molecule has 35 heavy (non-hydrogen) atoms. The number of ether oxygens (including phenoxy) is 1. The van der Waals surface area contributed by atoms with Gasteiger partial charge >= 0.3 is 0 Å². The minimum atomic E-state index is -0.623. The summed E-state index contributed by atoms with van der Waals surface area (Å²) in [6, 6.07) is 20.0. The summed E-state index contributed by atoms with van der Waals surface area (Å²) in [6.45, 7) is 0.203. The smallest absolute Gasteiger partial charge is 0.267 e. The number of halogens is 1. The van der Waals surface area contributed by atoms with E-state index >= 15 is 0 Å². The lowest BCUT2D eigenvalue weighted by Gasteiger charge is -2.19. The highest BCUT2D eigenvalue weighted by atomic mass is 19.1. The first-order valence-corrected chi connectivity index (χ1v) is 11.0. The first-order chi connectivity index (χ1) is 17.0. The van der Waals surface area contributed by atoms with Crippen molar-refractivity contribution in [3.8, 4) is 5.75 Å². The van der Waals surface area contributed by atoms with Gasteiger partial charge in [-0.2, -0.15) is 0 Å². The Morgan fingerprint density at radius 1 is 1.03 bits per heavy atom. The Hall–Kier alpha value is -4.43. The summed E-state index contributed by atoms with van der Waals surface area (Å²) < 4.78 is 19.2. The van der Waals surface area contributed by atoms with Crippen molar-refractivity contribution in [2.45, 2.75) is 12.5 Å². The number of nitrogens with one attached hydrogen (secondary N) is 3. The van der Waals surface area contributed by atoms with Gasteiger partial charge in [-0.15, -0.1) is 0 Å². The van der Waals surface area contributed by atoms with E-state index in [1.165, 1.54) is 35.8 Å². The third-order valence-corrected chi connectivity index (χ3v) is 5.45. The van der Waals surface area contributed by atoms with Crippen LogP contribution in [-0.2, 0) is 11.2 Å². The molecule has 0 bridgehead atoms. The van der Waals surface area contributed by atoms with Gasteiger partial charge in [0.2, 0.25) is 0 Å². The first-order valence-electron chi connectivity index (χ1n) is 11.0. The molecular weight excluding hydrogens is 449 g/mol. The van der Waals surface area contributed by atoms with E-state index in [-0.39, 0.29) is 18.6 Å². The molecule has 0 unspecified atom stereocenters. The molecule has 0 fully saturated rings. The second-order valence-corrected chi connectivity index (χ2v) is 7.93. The summed E-state index contributed by atoms with van der Waals surface area (Å²) in [5, 5.41) is 12.6. The number of para-hydroxylation sites is 1. The minimum absolute atomic E-state index is 0.203. The van der Waals surface area contributed by atoms with E-state index in [2.05, 4.69) is 10.3 Å². The molecule has 0 aliphatic rings. The van der Waals surface area contributed by atoms with E-state index < -0.39 is 11.7 Å². The molecule has 0 aliphatic carbocycles. The van der Waals surface area contributed by atoms with Gasteiger partial charge in [0, 0.05) is 28.7 Å². The van der Waals surface area contributed by atoms with Crippen LogP contribution in [0.5, 0.6) is 5.75 Å². The lowest BCUT2D eigenvalue weighted by atomic mass is 10.0. The Morgan fingerprint density at radius 2 is 1.77 bits per heavy atom. The van der Waals surface area contributed by atoms with Crippen molar-refractivity contribution in [1.82, 2.24) is 15.8 Å². The molecule has 4 N–H and O–H groups in total. The second kappa shape index (κ2) is 11.1. The van der Waals surface area contributed by atoms with E-state index in [1.807, 2.05) is 30.5 Å². The number of aromatic amines is 1. The van der Waals surface area contributed by atoms with Crippen LogP contribution < -0.4 is 15.5 Å². The van der Waals surface area contributed by atoms with Crippen LogP contribution in [0.4, 0.5) is 4.39 Å². The van der Waals surface area contributed by atoms with Crippen molar-refractivity contribution in [1.29, 1.82) is 0 Å². The Bertz CT molecular complexity index is 1330. The average molecular weight is 474 g/mol. The van der Waals surface area contributed by atoms with Crippen molar-refractivity contribution < 1.29 is 23.9 Å². The molecule has 178 valence electrons. The molecule has 8 heteroatoms. The summed E-state index contributed by atoms with van der Waals surface area (Å²) in [4.78, 5) is 27.2. The van der Waals surface area contributed by atoms with Gasteiger partial charge < -0.3 is 15.0 Å². The second-order valence-electron chi connectivity index (χ2n) is 7.93. The molecule has 0 spiro atoms. The normalized spacial score (nSPS) is 11.9. The molecule has 0 saturated carbocycles. The summed E-state index contributed by atoms with van der Waals surface area (Å²) in [5.41, 5.74) is 4.69. The Morgan fingerprint density at radius 3 is 2.51 bits per heavy atom. The molecule has 0 saturated heterocycles. The van der Waals surface area contributed by atoms with Crippen LogP contribution in [-0.4, -0.2) is 34.7 Å². The van der Waals surface area contributed by atoms with E-state index in [4.69, 9.17) is 9.94 Å². The number of carbonyl (C=O) groups is 2. The first kappa shape index (κ1) is 23.7. The summed E-state index contributed by atoms with van der Waals surface area (Å²) in [6.07, 6.45) is 5.20. The van der Waals surface area contributed by atoms with Gasteiger partial charge in [0.25, 0.3) is 11.8 Å². The number of hydrogen-bond acceptors (Lipinski definition) is 4. The molecule has 0 aliphatic heterocycles. The monoisotopic (exact) mass is 473 g/mol. The van der Waals surface area contributed by atoms with Crippen molar-refractivity contribution in [2.75, 3.05) is 6.61 Å². The topological polar surface area (TPSA) is 103 Å². The van der Waals surface area contributed by atoms with Crippen LogP contribution in [0.25, 0.3) is 17.0 Å². The van der Waals surface area contributed by atoms with Crippen LogP contribution in [0.1, 0.15) is 21.5 Å². The number of amides is 2. The van der Waals surface area contributed by atoms with E-state index in [9.17, 15) is 14.0 Å². The molecule has 7 nitrogen and oxygen atoms in total. The lowest BCUT2D eigenvalue weighted by Crippen LogP contribution is -2.40. The van der Waals surface area contributed by atoms with Crippen LogP contribution in [0, 0.1) is 5.82 Å². The fraction of sp³-hybridized carbons (Fsp3) is 0.111. The van der Waals surface area contributed by atoms with Gasteiger partial charge in [-0.3, -0.25) is 14.8 Å². The van der Waals surface area contributed by atoms with Crippen molar-refractivity contribution in [2.24, 2.45) is 0 Å². The number of hydrogen-bond donors (Lipinski definition) is 4. The zero-order valence-electron chi connectivity index (χ0n) is 18.7. The van der Waals surface area contributed by atoms with Gasteiger partial charge in [0.1, 0.15) is 18.2 Å². The third-order valence-electron chi connectivity index (χ3n) is 5.45. The van der Waals surface area contributed by atoms with Crippen LogP contribution in [0.15, 0.2) is 85.1 Å². The van der Waals surface area contributed by atoms with E-state index in [0.717, 1.165) is 22.0 Å². The highest BCUT2D eigenvalue weighted by Gasteiger charge is 2.17. The molecule has 1 heterocycles. The van der Waals surface area contributed by atoms with Crippen LogP contribution >= 0.6 is 0 Å². The third kappa shape index (κ3) is 6.33. The minimum Gasteiger partial charge on any atom is -0.491 e. The van der Waals surface area contributed by atoms with Gasteiger partial charge in [-0.25, -0.2) is 9.87 Å². The maximum absolute atomic E-state index is 13.3. The molecule has 4 aromatic rings. The van der Waals surface area contributed by atoms with Crippen LogP contribution in [0.2, 0.25) is 0 Å². The van der Waals surface area contributed by atoms with Crippen LogP contribution in [0.3, 0.4) is 0 Å². The maximum Gasteiger partial charge on any atom is 0.267 e. The standard InChI is InChI=1S/C27H24FN3O4/c28-21-10-8-19(9-11-21)27(33)30-22(15-20-16-29-25-4-2-1-3-24(20)25)17-35-23-12-5-18(6-13-23)7-14-26(32)31-34/h1-14,16,22,29,34H,15,17H2,(H,30,33)(H,31,32)/b14-7+/t22-/m0/s1. The number of carbonyl (C=O) groups excluding carboxylic acids is 2. The number of benzene rings is 3. The maximum atomic E-state index is 13.3. The van der Waals surface area contributed by atoms with Gasteiger partial charge in [-0.05, 0) is 66.1 Å². The fourth-order valence-corrected chi connectivity index (χ4v) is 3.67. The van der Waals surface area contributed by atoms with Gasteiger partial charge in [-0.1, -0.05) is 30.3 Å². The molecule has 2 amide bonds. The number of aromatic nitrogens is 1. The van der Waals surface area contributed by atoms with E-state index in [0.29, 0.717) is 17.7 Å². The largest absolute Gasteiger partial charge is 0.491 e. The van der Waals surface area contributed by atoms with E-state index in [1.54, 1.807) is 30.3 Å². The number of H-pyrrole nitrogens is 1. The highest BCUT2D eigenvalue weighted by molar-refractivity contribution is 5.94. The number of fused-ring (bicyclic) bond motifs is 1. The fourth-order valence-electron chi connectivity index (χ4n) is 3.67. The van der Waals surface area contributed by atoms with Gasteiger partial charge in [0.15, 0.2) is 0 Å². The molecule has 1 atom stereocenters. The summed E-state index contributed by atoms with van der Waals surface area (Å²) in [7, 11) is 0. The van der Waals surface area contributed by atoms with Crippen molar-refractivity contribution in [3.05, 3.63) is 108 Å². The molecule has 0 radical (unpaired) electrons. The molecular formula is C27H24FN3O4. The summed E-state index contributed by atoms with van der Waals surface area (Å²) in [5.74, 6) is -0.757. The highest BCUT2D eigenvalue weighted by Crippen LogP contribution is 2.20. The Labute approximate surface area is 201 Å². The summed E-state index contributed by atoms with van der Waals surface area (Å²) >= 11 is 0. The SMILES string of the molecule is O=C(/C=C/c1ccc(OC[C@H](Cc2c[nH]c3ccccc23)NC(=O)c2ccc(F)cc2)cc1)NO. The van der Waals surface area contributed by atoms with Gasteiger partial charge in [0.05, 0.1) is 6.04 Å². The van der Waals surface area contributed by atoms with Crippen molar-refractivity contribution in [3.63, 3.8) is 0 Å². The molecule has 1 aromatic heterocycles. The predicted molar refractivity (Wildman–Crippen MR) is 131 cm³/mol. The number of rotatable bonds is 9. The number of hydroxylamine groups is 1. The predicted octanol–water partition coefficient (Wildman–Crippen LogP) is 4.25. The lowest BCUT2D eigenvalue weighted by molar-refractivity contribution is -0.124. The zero-order chi connectivity index (χ0) is 24.6. The van der Waals surface area contributed by atoms with Crippen molar-refractivity contribution >= 4 is 28.8 Å². The Kier molecular flexibility index (Phi) is 7.54. The Balaban J connectivity index is 1.47. The molecule has 4 rings (SSSR count). The quantitative estimate of drug-likeness (QED) is 0.166.